The van der Waals surface area contributed by atoms with Crippen LogP contribution in [0.4, 0.5) is 11.4 Å². The molecule has 182 valence electrons. The monoisotopic (exact) mass is 476 g/mol. The van der Waals surface area contributed by atoms with Crippen LogP contribution in [0.5, 0.6) is 23.0 Å². The van der Waals surface area contributed by atoms with Gasteiger partial charge in [0.25, 0.3) is 11.8 Å². The summed E-state index contributed by atoms with van der Waals surface area (Å²) in [5.74, 6) is 1.22. The predicted octanol–water partition coefficient (Wildman–Crippen LogP) is 4.59. The molecule has 0 saturated heterocycles. The summed E-state index contributed by atoms with van der Waals surface area (Å²) >= 11 is 0. The van der Waals surface area contributed by atoms with Gasteiger partial charge in [-0.05, 0) is 55.3 Å². The van der Waals surface area contributed by atoms with E-state index in [2.05, 4.69) is 5.32 Å². The average Bonchev–Trinajstić information content (AvgIpc) is 2.87. The Morgan fingerprint density at radius 1 is 1.00 bits per heavy atom. The number of nitrogens with one attached hydrogen (secondary N) is 1. The molecule has 8 nitrogen and oxygen atoms in total. The Kier molecular flexibility index (Phi) is 6.82. The number of amides is 2. The molecule has 3 aromatic rings. The zero-order valence-corrected chi connectivity index (χ0v) is 20.4. The van der Waals surface area contributed by atoms with E-state index in [0.29, 0.717) is 46.5 Å². The number of carbonyl (C=O) groups excluding carboxylic acids is 2. The summed E-state index contributed by atoms with van der Waals surface area (Å²) in [5.41, 5.74) is 3.57. The summed E-state index contributed by atoms with van der Waals surface area (Å²) in [4.78, 5) is 27.8. The Bertz CT molecular complexity index is 1250. The average molecular weight is 477 g/mol. The fourth-order valence-corrected chi connectivity index (χ4v) is 4.02. The van der Waals surface area contributed by atoms with Gasteiger partial charge in [-0.2, -0.15) is 0 Å². The van der Waals surface area contributed by atoms with Crippen LogP contribution in [0.25, 0.3) is 0 Å². The van der Waals surface area contributed by atoms with Crippen LogP contribution in [0.1, 0.15) is 28.4 Å². The van der Waals surface area contributed by atoms with Gasteiger partial charge in [-0.1, -0.05) is 24.3 Å². The van der Waals surface area contributed by atoms with Gasteiger partial charge in [0.2, 0.25) is 5.75 Å². The fraction of sp³-hybridized carbons (Fsp3) is 0.259. The summed E-state index contributed by atoms with van der Waals surface area (Å²) in [6, 6.07) is 16.3. The molecule has 0 aliphatic carbocycles. The zero-order valence-electron chi connectivity index (χ0n) is 20.4. The van der Waals surface area contributed by atoms with Crippen LogP contribution in [0.2, 0.25) is 0 Å². The van der Waals surface area contributed by atoms with Gasteiger partial charge in [0, 0.05) is 11.3 Å². The number of methoxy groups -OCH3 is 3. The SMILES string of the molecule is COc1cc(C(=O)Nc2ccc3c(c2)N(Cc2ccccc2C)C(=O)C(C)O3)cc(OC)c1OC. The van der Waals surface area contributed by atoms with Gasteiger partial charge >= 0.3 is 0 Å². The number of rotatable bonds is 7. The molecule has 2 amide bonds. The smallest absolute Gasteiger partial charge is 0.268 e. The molecule has 0 aromatic heterocycles. The maximum atomic E-state index is 13.1. The fourth-order valence-electron chi connectivity index (χ4n) is 4.02. The Hall–Kier alpha value is -4.20. The Balaban J connectivity index is 1.65. The molecule has 0 spiro atoms. The van der Waals surface area contributed by atoms with E-state index in [0.717, 1.165) is 11.1 Å². The molecule has 35 heavy (non-hydrogen) atoms. The third kappa shape index (κ3) is 4.73. The van der Waals surface area contributed by atoms with Gasteiger partial charge < -0.3 is 29.2 Å². The van der Waals surface area contributed by atoms with Crippen LogP contribution in [-0.2, 0) is 11.3 Å². The molecule has 0 saturated carbocycles. The van der Waals surface area contributed by atoms with Crippen molar-refractivity contribution in [1.82, 2.24) is 0 Å². The normalized spacial score (nSPS) is 14.6. The number of anilines is 2. The minimum absolute atomic E-state index is 0.145. The topological polar surface area (TPSA) is 86.3 Å². The first-order chi connectivity index (χ1) is 16.9. The van der Waals surface area contributed by atoms with Gasteiger partial charge in [-0.25, -0.2) is 0 Å². The summed E-state index contributed by atoms with van der Waals surface area (Å²) in [6.07, 6.45) is -0.605. The molecule has 1 heterocycles. The van der Waals surface area contributed by atoms with Crippen molar-refractivity contribution in [2.24, 2.45) is 0 Å². The lowest BCUT2D eigenvalue weighted by Gasteiger charge is -2.33. The number of carbonyl (C=O) groups is 2. The molecule has 0 fully saturated rings. The number of fused-ring (bicyclic) bond motifs is 1. The molecule has 3 aromatic carbocycles. The summed E-state index contributed by atoms with van der Waals surface area (Å²) < 4.78 is 21.9. The molecule has 8 heteroatoms. The molecular weight excluding hydrogens is 448 g/mol. The highest BCUT2D eigenvalue weighted by Gasteiger charge is 2.32. The Morgan fingerprint density at radius 3 is 2.31 bits per heavy atom. The van der Waals surface area contributed by atoms with Crippen molar-refractivity contribution in [3.63, 3.8) is 0 Å². The van der Waals surface area contributed by atoms with E-state index in [4.69, 9.17) is 18.9 Å². The lowest BCUT2D eigenvalue weighted by Crippen LogP contribution is -2.44. The highest BCUT2D eigenvalue weighted by molar-refractivity contribution is 6.06. The van der Waals surface area contributed by atoms with Crippen LogP contribution >= 0.6 is 0 Å². The van der Waals surface area contributed by atoms with Crippen LogP contribution in [0.3, 0.4) is 0 Å². The second-order valence-corrected chi connectivity index (χ2v) is 8.16. The summed E-state index contributed by atoms with van der Waals surface area (Å²) in [7, 11) is 4.48. The van der Waals surface area contributed by atoms with Gasteiger partial charge in [-0.3, -0.25) is 9.59 Å². The van der Waals surface area contributed by atoms with Gasteiger partial charge in [0.15, 0.2) is 17.6 Å². The minimum Gasteiger partial charge on any atom is -0.493 e. The van der Waals surface area contributed by atoms with Crippen molar-refractivity contribution in [1.29, 1.82) is 0 Å². The first kappa shape index (κ1) is 23.9. The van der Waals surface area contributed by atoms with Crippen molar-refractivity contribution in [2.45, 2.75) is 26.5 Å². The molecule has 4 rings (SSSR count). The number of benzene rings is 3. The number of hydrogen-bond donors (Lipinski definition) is 1. The van der Waals surface area contributed by atoms with Gasteiger partial charge in [-0.15, -0.1) is 0 Å². The third-order valence-electron chi connectivity index (χ3n) is 5.94. The first-order valence-corrected chi connectivity index (χ1v) is 11.1. The van der Waals surface area contributed by atoms with Crippen molar-refractivity contribution in [2.75, 3.05) is 31.5 Å². The lowest BCUT2D eigenvalue weighted by atomic mass is 10.1. The van der Waals surface area contributed by atoms with E-state index in [1.807, 2.05) is 31.2 Å². The zero-order chi connectivity index (χ0) is 25.1. The second-order valence-electron chi connectivity index (χ2n) is 8.16. The molecule has 1 N–H and O–H groups in total. The number of ether oxygens (including phenoxy) is 4. The highest BCUT2D eigenvalue weighted by Crippen LogP contribution is 2.40. The molecule has 1 aliphatic rings. The summed E-state index contributed by atoms with van der Waals surface area (Å²) in [5, 5.41) is 2.89. The molecule has 1 unspecified atom stereocenters. The van der Waals surface area contributed by atoms with E-state index >= 15 is 0 Å². The highest BCUT2D eigenvalue weighted by atomic mass is 16.5. The van der Waals surface area contributed by atoms with Crippen LogP contribution in [0.15, 0.2) is 54.6 Å². The molecule has 1 aliphatic heterocycles. The molecular formula is C27H28N2O6. The molecule has 1 atom stereocenters. The van der Waals surface area contributed by atoms with Crippen molar-refractivity contribution < 1.29 is 28.5 Å². The minimum atomic E-state index is -0.605. The maximum Gasteiger partial charge on any atom is 0.268 e. The summed E-state index contributed by atoms with van der Waals surface area (Å²) in [6.45, 7) is 4.14. The van der Waals surface area contributed by atoms with Crippen LogP contribution in [-0.4, -0.2) is 39.2 Å². The van der Waals surface area contributed by atoms with Crippen molar-refractivity contribution >= 4 is 23.2 Å². The van der Waals surface area contributed by atoms with E-state index in [1.165, 1.54) is 21.3 Å². The van der Waals surface area contributed by atoms with Crippen molar-refractivity contribution in [3.05, 3.63) is 71.3 Å². The number of hydrogen-bond acceptors (Lipinski definition) is 6. The lowest BCUT2D eigenvalue weighted by molar-refractivity contribution is -0.125. The Labute approximate surface area is 204 Å². The quantitative estimate of drug-likeness (QED) is 0.537. The molecule has 0 bridgehead atoms. The standard InChI is InChI=1S/C27H28N2O6/c1-16-8-6-7-9-18(16)15-29-21-14-20(10-11-22(21)35-17(2)27(29)31)28-26(30)19-12-23(32-3)25(34-5)24(13-19)33-4/h6-14,17H,15H2,1-5H3,(H,28,30). The molecule has 0 radical (unpaired) electrons. The van der Waals surface area contributed by atoms with E-state index in [-0.39, 0.29) is 11.8 Å². The van der Waals surface area contributed by atoms with Gasteiger partial charge in [0.05, 0.1) is 33.6 Å². The predicted molar refractivity (Wildman–Crippen MR) is 133 cm³/mol. The number of aryl methyl sites for hydroxylation is 1. The third-order valence-corrected chi connectivity index (χ3v) is 5.94. The van der Waals surface area contributed by atoms with Crippen molar-refractivity contribution in [3.8, 4) is 23.0 Å². The van der Waals surface area contributed by atoms with E-state index < -0.39 is 6.10 Å². The van der Waals surface area contributed by atoms with E-state index in [9.17, 15) is 9.59 Å². The first-order valence-electron chi connectivity index (χ1n) is 11.1. The largest absolute Gasteiger partial charge is 0.493 e. The Morgan fingerprint density at radius 2 is 1.69 bits per heavy atom. The van der Waals surface area contributed by atoms with Gasteiger partial charge in [0.1, 0.15) is 5.75 Å². The van der Waals surface area contributed by atoms with E-state index in [1.54, 1.807) is 42.2 Å². The van der Waals surface area contributed by atoms with Crippen LogP contribution in [0, 0.1) is 6.92 Å². The second kappa shape index (κ2) is 9.97. The van der Waals surface area contributed by atoms with Crippen LogP contribution < -0.4 is 29.2 Å². The number of nitrogens with zero attached hydrogens (tertiary/aromatic N) is 1. The maximum absolute atomic E-state index is 13.1.